The monoisotopic (exact) mass is 770 g/mol. The number of carbonyl (C=O) groups excluding carboxylic acids is 4. The largest absolute Gasteiger partial charge is 0.462 e. The molecule has 10 heteroatoms. The van der Waals surface area contributed by atoms with Gasteiger partial charge < -0.3 is 29.2 Å². The van der Waals surface area contributed by atoms with Gasteiger partial charge in [-0.2, -0.15) is 0 Å². The molecule has 0 aromatic heterocycles. The average Bonchev–Trinajstić information content (AvgIpc) is 3.67. The van der Waals surface area contributed by atoms with E-state index in [1.807, 2.05) is 24.3 Å². The van der Waals surface area contributed by atoms with Crippen LogP contribution >= 0.6 is 0 Å². The zero-order chi connectivity index (χ0) is 39.2. The van der Waals surface area contributed by atoms with Crippen LogP contribution in [0.4, 0.5) is 0 Å². The van der Waals surface area contributed by atoms with Crippen LogP contribution in [0.3, 0.4) is 0 Å². The molecule has 0 spiro atoms. The van der Waals surface area contributed by atoms with Crippen LogP contribution in [0.5, 0.6) is 11.5 Å². The smallest absolute Gasteiger partial charge is 0.311 e. The molecule has 302 valence electrons. The molecule has 0 aliphatic heterocycles. The van der Waals surface area contributed by atoms with Crippen molar-refractivity contribution in [3.05, 3.63) is 58.7 Å². The SMILES string of the molecule is CC12CCC3c4ccc(OC(=O)CCC(=O)OCCOC(=O)CCC(=O)Oc5ccc6c(c5)CCC5C6CCC6(C)C(O)CCC56)cc4CCC3C1CCC2O. The summed E-state index contributed by atoms with van der Waals surface area (Å²) in [5.74, 6) is 1.98. The van der Waals surface area contributed by atoms with E-state index in [4.69, 9.17) is 18.9 Å². The highest BCUT2D eigenvalue weighted by atomic mass is 16.6. The summed E-state index contributed by atoms with van der Waals surface area (Å²) in [4.78, 5) is 49.6. The lowest BCUT2D eigenvalue weighted by Crippen LogP contribution is -2.43. The molecular weight excluding hydrogens is 712 g/mol. The number of fused-ring (bicyclic) bond motifs is 10. The van der Waals surface area contributed by atoms with E-state index >= 15 is 0 Å². The van der Waals surface area contributed by atoms with Gasteiger partial charge >= 0.3 is 23.9 Å². The molecule has 0 bridgehead atoms. The number of esters is 4. The quantitative estimate of drug-likeness (QED) is 0.136. The van der Waals surface area contributed by atoms with Crippen LogP contribution in [-0.2, 0) is 41.5 Å². The van der Waals surface area contributed by atoms with E-state index in [1.54, 1.807) is 0 Å². The van der Waals surface area contributed by atoms with Crippen LogP contribution < -0.4 is 9.47 Å². The summed E-state index contributed by atoms with van der Waals surface area (Å²) in [6.45, 7) is 4.23. The molecule has 0 radical (unpaired) electrons. The Morgan fingerprint density at radius 2 is 0.982 bits per heavy atom. The molecule has 10 atom stereocenters. The summed E-state index contributed by atoms with van der Waals surface area (Å²) in [6.07, 6.45) is 11.3. The first kappa shape index (κ1) is 39.1. The van der Waals surface area contributed by atoms with Crippen molar-refractivity contribution in [2.45, 2.75) is 141 Å². The van der Waals surface area contributed by atoms with Crippen LogP contribution in [0.1, 0.15) is 138 Å². The van der Waals surface area contributed by atoms with Gasteiger partial charge in [0.25, 0.3) is 0 Å². The van der Waals surface area contributed by atoms with E-state index in [0.717, 1.165) is 77.0 Å². The molecule has 4 fully saturated rings. The van der Waals surface area contributed by atoms with Crippen molar-refractivity contribution in [1.82, 2.24) is 0 Å². The Kier molecular flexibility index (Phi) is 11.1. The van der Waals surface area contributed by atoms with Crippen molar-refractivity contribution < 1.29 is 48.3 Å². The van der Waals surface area contributed by atoms with Gasteiger partial charge in [0.1, 0.15) is 24.7 Å². The Morgan fingerprint density at radius 1 is 0.571 bits per heavy atom. The van der Waals surface area contributed by atoms with Crippen molar-refractivity contribution in [1.29, 1.82) is 0 Å². The number of aliphatic hydroxyl groups is 2. The molecule has 10 nitrogen and oxygen atoms in total. The zero-order valence-electron chi connectivity index (χ0n) is 33.0. The van der Waals surface area contributed by atoms with Crippen LogP contribution in [-0.4, -0.2) is 59.5 Å². The first-order valence-corrected chi connectivity index (χ1v) is 21.3. The molecule has 6 aliphatic carbocycles. The molecule has 0 amide bonds. The second-order valence-corrected chi connectivity index (χ2v) is 18.2. The Hall–Kier alpha value is -3.76. The van der Waals surface area contributed by atoms with E-state index in [-0.39, 0.29) is 61.9 Å². The van der Waals surface area contributed by atoms with Crippen molar-refractivity contribution in [3.8, 4) is 11.5 Å². The molecule has 2 aromatic rings. The van der Waals surface area contributed by atoms with Crippen molar-refractivity contribution in [3.63, 3.8) is 0 Å². The van der Waals surface area contributed by atoms with Gasteiger partial charge in [0.15, 0.2) is 0 Å². The topological polar surface area (TPSA) is 146 Å². The standard InChI is InChI=1S/C46H58O10/c1-45-21-19-33-31-9-5-29(25-27(31)3-7-35(33)37(45)11-13-39(45)47)55-43(51)17-15-41(49)53-23-24-54-42(50)16-18-44(52)56-30-6-10-32-28(26-30)4-8-36-34(32)20-22-46(2)38(36)12-14-40(46)48/h5-6,9-10,25-26,33-40,47-48H,3-4,7-8,11-24H2,1-2H3. The molecule has 2 N–H and O–H groups in total. The number of aryl methyl sites for hydroxylation is 2. The number of carbonyl (C=O) groups is 4. The lowest BCUT2D eigenvalue weighted by molar-refractivity contribution is -0.153. The second-order valence-electron chi connectivity index (χ2n) is 18.2. The number of rotatable bonds is 11. The highest BCUT2D eigenvalue weighted by molar-refractivity contribution is 5.80. The Labute approximate surface area is 330 Å². The van der Waals surface area contributed by atoms with Crippen LogP contribution in [0, 0.1) is 34.5 Å². The maximum absolute atomic E-state index is 12.6. The molecule has 56 heavy (non-hydrogen) atoms. The van der Waals surface area contributed by atoms with Gasteiger partial charge in [0.2, 0.25) is 0 Å². The van der Waals surface area contributed by atoms with Gasteiger partial charge in [-0.25, -0.2) is 0 Å². The van der Waals surface area contributed by atoms with Crippen molar-refractivity contribution >= 4 is 23.9 Å². The van der Waals surface area contributed by atoms with Gasteiger partial charge in [-0.1, -0.05) is 26.0 Å². The minimum atomic E-state index is -0.598. The third kappa shape index (κ3) is 7.52. The van der Waals surface area contributed by atoms with Crippen LogP contribution in [0.25, 0.3) is 0 Å². The highest BCUT2D eigenvalue weighted by Crippen LogP contribution is 2.62. The predicted octanol–water partition coefficient (Wildman–Crippen LogP) is 7.28. The molecular formula is C46H58O10. The number of hydrogen-bond acceptors (Lipinski definition) is 10. The fraction of sp³-hybridized carbons (Fsp3) is 0.652. The van der Waals surface area contributed by atoms with Crippen LogP contribution in [0.2, 0.25) is 0 Å². The molecule has 2 aromatic carbocycles. The first-order chi connectivity index (χ1) is 26.9. The summed E-state index contributed by atoms with van der Waals surface area (Å²) < 4.78 is 21.4. The number of ether oxygens (including phenoxy) is 4. The minimum absolute atomic E-state index is 0.0349. The predicted molar refractivity (Wildman–Crippen MR) is 206 cm³/mol. The van der Waals surface area contributed by atoms with Gasteiger partial charge in [0.05, 0.1) is 37.9 Å². The fourth-order valence-corrected chi connectivity index (χ4v) is 12.4. The summed E-state index contributed by atoms with van der Waals surface area (Å²) in [5.41, 5.74) is 5.19. The Balaban J connectivity index is 0.705. The maximum atomic E-state index is 12.6. The first-order valence-electron chi connectivity index (χ1n) is 21.3. The molecule has 4 saturated carbocycles. The second kappa shape index (κ2) is 15.9. The van der Waals surface area contributed by atoms with Gasteiger partial charge in [-0.3, -0.25) is 19.2 Å². The van der Waals surface area contributed by atoms with Gasteiger partial charge in [0, 0.05) is 0 Å². The van der Waals surface area contributed by atoms with E-state index < -0.39 is 23.9 Å². The zero-order valence-corrected chi connectivity index (χ0v) is 33.0. The molecule has 10 unspecified atom stereocenters. The Bertz CT molecular complexity index is 1710. The van der Waals surface area contributed by atoms with Crippen LogP contribution in [0.15, 0.2) is 36.4 Å². The molecule has 6 aliphatic rings. The van der Waals surface area contributed by atoms with Crippen molar-refractivity contribution in [2.24, 2.45) is 34.5 Å². The molecule has 8 rings (SSSR count). The third-order valence-electron chi connectivity index (χ3n) is 15.4. The number of hydrogen-bond donors (Lipinski definition) is 2. The lowest BCUT2D eigenvalue weighted by atomic mass is 9.55. The van der Waals surface area contributed by atoms with Gasteiger partial charge in [-0.15, -0.1) is 0 Å². The molecule has 0 saturated heterocycles. The summed E-state index contributed by atoms with van der Waals surface area (Å²) >= 11 is 0. The minimum Gasteiger partial charge on any atom is -0.462 e. The summed E-state index contributed by atoms with van der Waals surface area (Å²) in [5, 5.41) is 21.3. The summed E-state index contributed by atoms with van der Waals surface area (Å²) in [7, 11) is 0. The fourth-order valence-electron chi connectivity index (χ4n) is 12.4. The van der Waals surface area contributed by atoms with E-state index in [2.05, 4.69) is 26.0 Å². The number of benzene rings is 2. The van der Waals surface area contributed by atoms with E-state index in [1.165, 1.54) is 22.3 Å². The van der Waals surface area contributed by atoms with Crippen molar-refractivity contribution in [2.75, 3.05) is 13.2 Å². The van der Waals surface area contributed by atoms with E-state index in [9.17, 15) is 29.4 Å². The maximum Gasteiger partial charge on any atom is 0.311 e. The van der Waals surface area contributed by atoms with Gasteiger partial charge in [-0.05, 0) is 170 Å². The normalized spacial score (nSPS) is 33.7. The lowest BCUT2D eigenvalue weighted by Gasteiger charge is -2.50. The van der Waals surface area contributed by atoms with E-state index in [0.29, 0.717) is 47.0 Å². The molecule has 0 heterocycles. The summed E-state index contributed by atoms with van der Waals surface area (Å²) in [6, 6.07) is 11.8. The third-order valence-corrected chi connectivity index (χ3v) is 15.4. The Morgan fingerprint density at radius 3 is 1.41 bits per heavy atom. The number of aliphatic hydroxyl groups excluding tert-OH is 2. The average molecular weight is 771 g/mol. The highest BCUT2D eigenvalue weighted by Gasteiger charge is 2.55.